The first kappa shape index (κ1) is 21.2. The van der Waals surface area contributed by atoms with Gasteiger partial charge in [-0.25, -0.2) is 9.97 Å². The topological polar surface area (TPSA) is 61.7 Å². The lowest BCUT2D eigenvalue weighted by Crippen LogP contribution is -2.54. The van der Waals surface area contributed by atoms with Crippen LogP contribution in [0.15, 0.2) is 42.7 Å². The van der Waals surface area contributed by atoms with E-state index in [1.807, 2.05) is 12.1 Å². The fraction of sp³-hybridized carbons (Fsp3) is 0.583. The number of piperazine rings is 1. The second-order valence-electron chi connectivity index (χ2n) is 8.68. The number of aliphatic hydroxyl groups excluding tert-OH is 1. The fourth-order valence-corrected chi connectivity index (χ4v) is 4.83. The number of ether oxygens (including phenoxy) is 1. The molecule has 4 rings (SSSR count). The molecule has 0 unspecified atom stereocenters. The van der Waals surface area contributed by atoms with Gasteiger partial charge in [-0.05, 0) is 48.9 Å². The lowest BCUT2D eigenvalue weighted by molar-refractivity contribution is 0.0400. The third-order valence-corrected chi connectivity index (χ3v) is 6.45. The highest BCUT2D eigenvalue weighted by Gasteiger charge is 2.28. The Hall–Kier alpha value is -2.02. The quantitative estimate of drug-likeness (QED) is 0.716. The molecule has 6 heteroatoms. The zero-order valence-electron chi connectivity index (χ0n) is 17.8. The summed E-state index contributed by atoms with van der Waals surface area (Å²) in [4.78, 5) is 13.4. The predicted molar refractivity (Wildman–Crippen MR) is 117 cm³/mol. The Bertz CT molecular complexity index is 750. The number of aromatic nitrogens is 2. The van der Waals surface area contributed by atoms with Crippen LogP contribution in [0.5, 0.6) is 11.8 Å². The molecule has 2 fully saturated rings. The molecule has 1 saturated carbocycles. The van der Waals surface area contributed by atoms with Crippen LogP contribution >= 0.6 is 0 Å². The standard InChI is InChI=1S/C24H34N4O2/c29-16-11-22-19-27(14-15-28(22)18-20-5-2-1-3-6-20)17-21-7-9-23(10-8-21)30-24-25-12-4-13-26-24/h4,7-10,12-13,20,22,29H,1-3,5-6,11,14-19H2/t22-/m1/s1. The van der Waals surface area contributed by atoms with Crippen LogP contribution in [0.2, 0.25) is 0 Å². The van der Waals surface area contributed by atoms with Crippen LogP contribution < -0.4 is 4.74 Å². The van der Waals surface area contributed by atoms with Crippen molar-refractivity contribution < 1.29 is 9.84 Å². The van der Waals surface area contributed by atoms with Gasteiger partial charge in [0.1, 0.15) is 5.75 Å². The van der Waals surface area contributed by atoms with Gasteiger partial charge in [0.2, 0.25) is 0 Å². The van der Waals surface area contributed by atoms with Gasteiger partial charge in [-0.2, -0.15) is 0 Å². The van der Waals surface area contributed by atoms with Gasteiger partial charge in [0.05, 0.1) is 0 Å². The molecule has 0 radical (unpaired) electrons. The van der Waals surface area contributed by atoms with Crippen molar-refractivity contribution in [2.24, 2.45) is 5.92 Å². The highest BCUT2D eigenvalue weighted by Crippen LogP contribution is 2.27. The molecule has 1 N–H and O–H groups in total. The van der Waals surface area contributed by atoms with Gasteiger partial charge < -0.3 is 9.84 Å². The molecule has 2 aromatic rings. The van der Waals surface area contributed by atoms with Gasteiger partial charge in [-0.3, -0.25) is 9.80 Å². The first-order valence-corrected chi connectivity index (χ1v) is 11.4. The maximum atomic E-state index is 9.60. The molecule has 30 heavy (non-hydrogen) atoms. The zero-order valence-corrected chi connectivity index (χ0v) is 17.8. The third-order valence-electron chi connectivity index (χ3n) is 6.45. The molecule has 2 aliphatic rings. The molecule has 2 heterocycles. The van der Waals surface area contributed by atoms with Crippen LogP contribution in [0.4, 0.5) is 0 Å². The van der Waals surface area contributed by atoms with Crippen LogP contribution in [0, 0.1) is 5.92 Å². The fourth-order valence-electron chi connectivity index (χ4n) is 4.83. The van der Waals surface area contributed by atoms with E-state index in [0.29, 0.717) is 12.1 Å². The van der Waals surface area contributed by atoms with E-state index in [1.165, 1.54) is 44.2 Å². The van der Waals surface area contributed by atoms with Crippen molar-refractivity contribution in [1.82, 2.24) is 19.8 Å². The monoisotopic (exact) mass is 410 g/mol. The lowest BCUT2D eigenvalue weighted by Gasteiger charge is -2.43. The van der Waals surface area contributed by atoms with E-state index < -0.39 is 0 Å². The van der Waals surface area contributed by atoms with Crippen LogP contribution in [0.1, 0.15) is 44.1 Å². The minimum Gasteiger partial charge on any atom is -0.424 e. The summed E-state index contributed by atoms with van der Waals surface area (Å²) < 4.78 is 5.69. The van der Waals surface area contributed by atoms with Crippen molar-refractivity contribution in [1.29, 1.82) is 0 Å². The van der Waals surface area contributed by atoms with Crippen LogP contribution in [0.25, 0.3) is 0 Å². The van der Waals surface area contributed by atoms with Crippen LogP contribution in [0.3, 0.4) is 0 Å². The van der Waals surface area contributed by atoms with E-state index in [1.54, 1.807) is 18.5 Å². The van der Waals surface area contributed by atoms with E-state index in [0.717, 1.165) is 44.3 Å². The van der Waals surface area contributed by atoms with Gasteiger partial charge in [0.15, 0.2) is 0 Å². The van der Waals surface area contributed by atoms with E-state index in [9.17, 15) is 5.11 Å². The minimum atomic E-state index is 0.271. The van der Waals surface area contributed by atoms with E-state index in [4.69, 9.17) is 4.74 Å². The average Bonchev–Trinajstić information content (AvgIpc) is 2.79. The van der Waals surface area contributed by atoms with E-state index in [-0.39, 0.29) is 6.61 Å². The number of nitrogens with zero attached hydrogens (tertiary/aromatic N) is 4. The molecule has 0 bridgehead atoms. The van der Waals surface area contributed by atoms with Crippen molar-refractivity contribution >= 4 is 0 Å². The Morgan fingerprint density at radius 2 is 1.77 bits per heavy atom. The minimum absolute atomic E-state index is 0.271. The number of hydrogen-bond acceptors (Lipinski definition) is 6. The Labute approximate surface area is 179 Å². The SMILES string of the molecule is OCC[C@@H]1CN(Cc2ccc(Oc3ncccn3)cc2)CCN1CC1CCCCC1. The largest absolute Gasteiger partial charge is 0.424 e. The molecular formula is C24H34N4O2. The Kier molecular flexibility index (Phi) is 7.67. The molecule has 1 aliphatic heterocycles. The summed E-state index contributed by atoms with van der Waals surface area (Å²) in [6.45, 7) is 5.64. The maximum absolute atomic E-state index is 9.60. The lowest BCUT2D eigenvalue weighted by atomic mass is 9.88. The van der Waals surface area contributed by atoms with E-state index in [2.05, 4.69) is 31.9 Å². The molecule has 162 valence electrons. The summed E-state index contributed by atoms with van der Waals surface area (Å²) in [5.41, 5.74) is 1.28. The molecule has 0 spiro atoms. The third kappa shape index (κ3) is 6.00. The van der Waals surface area contributed by atoms with Crippen molar-refractivity contribution in [3.05, 3.63) is 48.3 Å². The zero-order chi connectivity index (χ0) is 20.6. The summed E-state index contributed by atoms with van der Waals surface area (Å²) in [7, 11) is 0. The molecule has 1 saturated heterocycles. The van der Waals surface area contributed by atoms with Gasteiger partial charge in [0, 0.05) is 57.8 Å². The Morgan fingerprint density at radius 1 is 1.00 bits per heavy atom. The highest BCUT2D eigenvalue weighted by atomic mass is 16.5. The van der Waals surface area contributed by atoms with Crippen molar-refractivity contribution in [2.45, 2.75) is 51.1 Å². The number of hydrogen-bond donors (Lipinski definition) is 1. The Morgan fingerprint density at radius 3 is 2.50 bits per heavy atom. The molecule has 1 aromatic heterocycles. The van der Waals surface area contributed by atoms with Crippen LogP contribution in [-0.2, 0) is 6.54 Å². The molecule has 0 amide bonds. The van der Waals surface area contributed by atoms with Crippen molar-refractivity contribution in [3.63, 3.8) is 0 Å². The van der Waals surface area contributed by atoms with Gasteiger partial charge in [-0.1, -0.05) is 31.4 Å². The second kappa shape index (κ2) is 10.8. The second-order valence-corrected chi connectivity index (χ2v) is 8.68. The normalized spacial score (nSPS) is 21.6. The summed E-state index contributed by atoms with van der Waals surface area (Å²) in [6.07, 6.45) is 11.2. The van der Waals surface area contributed by atoms with Gasteiger partial charge >= 0.3 is 6.01 Å². The summed E-state index contributed by atoms with van der Waals surface area (Å²) >= 11 is 0. The predicted octanol–water partition coefficient (Wildman–Crippen LogP) is 3.72. The van der Waals surface area contributed by atoms with Crippen LogP contribution in [-0.4, -0.2) is 63.7 Å². The number of rotatable bonds is 8. The molecular weight excluding hydrogens is 376 g/mol. The van der Waals surface area contributed by atoms with Gasteiger partial charge in [-0.15, -0.1) is 0 Å². The van der Waals surface area contributed by atoms with Crippen molar-refractivity contribution in [3.8, 4) is 11.8 Å². The summed E-state index contributed by atoms with van der Waals surface area (Å²) in [6, 6.07) is 10.8. The number of aliphatic hydroxyl groups is 1. The molecule has 1 atom stereocenters. The van der Waals surface area contributed by atoms with Crippen molar-refractivity contribution in [2.75, 3.05) is 32.8 Å². The number of benzene rings is 1. The molecule has 6 nitrogen and oxygen atoms in total. The van der Waals surface area contributed by atoms with E-state index >= 15 is 0 Å². The first-order valence-electron chi connectivity index (χ1n) is 11.4. The highest BCUT2D eigenvalue weighted by molar-refractivity contribution is 5.29. The smallest absolute Gasteiger partial charge is 0.321 e. The summed E-state index contributed by atoms with van der Waals surface area (Å²) in [5, 5.41) is 9.60. The average molecular weight is 411 g/mol. The molecule has 1 aliphatic carbocycles. The molecule has 1 aromatic carbocycles. The maximum Gasteiger partial charge on any atom is 0.321 e. The Balaban J connectivity index is 1.30. The first-order chi connectivity index (χ1) is 14.8. The summed E-state index contributed by atoms with van der Waals surface area (Å²) in [5.74, 6) is 1.60. The van der Waals surface area contributed by atoms with Gasteiger partial charge in [0.25, 0.3) is 0 Å².